The van der Waals surface area contributed by atoms with Gasteiger partial charge in [0, 0.05) is 29.9 Å². The number of benzene rings is 2. The highest BCUT2D eigenvalue weighted by atomic mass is 16.5. The number of methoxy groups -OCH3 is 1. The number of carbonyl (C=O) groups excluding carboxylic acids is 2. The van der Waals surface area contributed by atoms with E-state index in [1.54, 1.807) is 31.4 Å². The van der Waals surface area contributed by atoms with Crippen molar-refractivity contribution in [3.8, 4) is 17.1 Å². The van der Waals surface area contributed by atoms with Gasteiger partial charge in [-0.1, -0.05) is 17.3 Å². The first-order valence-electron chi connectivity index (χ1n) is 10.2. The molecule has 0 radical (unpaired) electrons. The average Bonchev–Trinajstić information content (AvgIpc) is 3.30. The van der Waals surface area contributed by atoms with Crippen LogP contribution in [0.25, 0.3) is 11.4 Å². The van der Waals surface area contributed by atoms with Crippen molar-refractivity contribution in [1.29, 1.82) is 0 Å². The highest BCUT2D eigenvalue weighted by Gasteiger charge is 2.29. The maximum atomic E-state index is 12.8. The summed E-state index contributed by atoms with van der Waals surface area (Å²) in [4.78, 5) is 30.8. The zero-order chi connectivity index (χ0) is 21.8. The maximum Gasteiger partial charge on any atom is 0.324 e. The fourth-order valence-corrected chi connectivity index (χ4v) is 3.63. The Morgan fingerprint density at radius 2 is 2.00 bits per heavy atom. The molecular weight excluding hydrogens is 396 g/mol. The largest absolute Gasteiger partial charge is 0.497 e. The van der Waals surface area contributed by atoms with Crippen LogP contribution >= 0.6 is 0 Å². The molecule has 2 aromatic carbocycles. The van der Waals surface area contributed by atoms with Gasteiger partial charge in [-0.25, -0.2) is 0 Å². The second-order valence-electron chi connectivity index (χ2n) is 7.54. The van der Waals surface area contributed by atoms with Crippen molar-refractivity contribution >= 4 is 23.4 Å². The summed E-state index contributed by atoms with van der Waals surface area (Å²) in [6, 6.07) is 14.8. The van der Waals surface area contributed by atoms with E-state index in [2.05, 4.69) is 15.5 Å². The third-order valence-electron chi connectivity index (χ3n) is 5.36. The Morgan fingerprint density at radius 1 is 1.19 bits per heavy atom. The fourth-order valence-electron chi connectivity index (χ4n) is 3.63. The molecule has 1 fully saturated rings. The summed E-state index contributed by atoms with van der Waals surface area (Å²) in [5.74, 6) is 0.909. The molecule has 1 amide bonds. The van der Waals surface area contributed by atoms with Crippen molar-refractivity contribution in [2.45, 2.75) is 19.8 Å². The predicted molar refractivity (Wildman–Crippen MR) is 116 cm³/mol. The van der Waals surface area contributed by atoms with Gasteiger partial charge in [0.1, 0.15) is 5.75 Å². The van der Waals surface area contributed by atoms with Gasteiger partial charge in [0.2, 0.25) is 11.7 Å². The smallest absolute Gasteiger partial charge is 0.324 e. The molecule has 0 aliphatic carbocycles. The van der Waals surface area contributed by atoms with Crippen molar-refractivity contribution in [2.24, 2.45) is 5.92 Å². The summed E-state index contributed by atoms with van der Waals surface area (Å²) in [5.41, 5.74) is 2.02. The number of rotatable bonds is 6. The van der Waals surface area contributed by atoms with Crippen molar-refractivity contribution in [1.82, 2.24) is 10.1 Å². The quantitative estimate of drug-likeness (QED) is 0.606. The van der Waals surface area contributed by atoms with Crippen LogP contribution in [0, 0.1) is 5.92 Å². The highest BCUT2D eigenvalue weighted by molar-refractivity contribution is 5.97. The number of nitrogens with one attached hydrogen (secondary N) is 1. The van der Waals surface area contributed by atoms with Gasteiger partial charge in [0.15, 0.2) is 5.78 Å². The number of aromatic nitrogens is 2. The normalized spacial score (nSPS) is 16.1. The van der Waals surface area contributed by atoms with Crippen LogP contribution in [0.3, 0.4) is 0 Å². The Labute approximate surface area is 180 Å². The van der Waals surface area contributed by atoms with Crippen LogP contribution < -0.4 is 15.0 Å². The number of hydrogen-bond acceptors (Lipinski definition) is 7. The van der Waals surface area contributed by atoms with E-state index in [4.69, 9.17) is 9.26 Å². The van der Waals surface area contributed by atoms with E-state index in [-0.39, 0.29) is 17.6 Å². The zero-order valence-corrected chi connectivity index (χ0v) is 17.5. The van der Waals surface area contributed by atoms with E-state index in [0.717, 1.165) is 30.7 Å². The summed E-state index contributed by atoms with van der Waals surface area (Å²) >= 11 is 0. The molecule has 1 aliphatic rings. The van der Waals surface area contributed by atoms with Gasteiger partial charge in [-0.3, -0.25) is 9.59 Å². The predicted octanol–water partition coefficient (Wildman–Crippen LogP) is 3.80. The van der Waals surface area contributed by atoms with Crippen molar-refractivity contribution in [3.05, 3.63) is 54.1 Å². The van der Waals surface area contributed by atoms with Crippen molar-refractivity contribution < 1.29 is 18.8 Å². The number of carbonyl (C=O) groups is 2. The van der Waals surface area contributed by atoms with E-state index in [0.29, 0.717) is 29.6 Å². The summed E-state index contributed by atoms with van der Waals surface area (Å²) < 4.78 is 10.6. The molecule has 0 spiro atoms. The summed E-state index contributed by atoms with van der Waals surface area (Å²) in [7, 11) is 1.62. The van der Waals surface area contributed by atoms with Gasteiger partial charge >= 0.3 is 6.01 Å². The number of hydrogen-bond donors (Lipinski definition) is 1. The molecule has 0 bridgehead atoms. The summed E-state index contributed by atoms with van der Waals surface area (Å²) in [5, 5.41) is 7.00. The lowest BCUT2D eigenvalue weighted by molar-refractivity contribution is -0.120. The highest BCUT2D eigenvalue weighted by Crippen LogP contribution is 2.26. The first-order valence-corrected chi connectivity index (χ1v) is 10.2. The minimum atomic E-state index is -0.217. The van der Waals surface area contributed by atoms with Crippen molar-refractivity contribution in [2.75, 3.05) is 30.4 Å². The summed E-state index contributed by atoms with van der Waals surface area (Å²) in [6.07, 6.45) is 1.61. The molecule has 1 unspecified atom stereocenters. The molecule has 8 heteroatoms. The van der Waals surface area contributed by atoms with E-state index in [9.17, 15) is 9.59 Å². The SMILES string of the molecule is COc1ccc(-c2noc(N3CCCC(C(=O)Nc4cccc(C(C)=O)c4)C3)n2)cc1. The molecule has 160 valence electrons. The number of anilines is 2. The fraction of sp³-hybridized carbons (Fsp3) is 0.304. The molecule has 4 rings (SSSR count). The second-order valence-corrected chi connectivity index (χ2v) is 7.54. The van der Waals surface area contributed by atoms with Gasteiger partial charge in [0.25, 0.3) is 0 Å². The first kappa shape index (κ1) is 20.6. The Morgan fingerprint density at radius 3 is 2.74 bits per heavy atom. The van der Waals surface area contributed by atoms with Crippen LogP contribution in [0.1, 0.15) is 30.1 Å². The van der Waals surface area contributed by atoms with Crippen LogP contribution in [0.5, 0.6) is 5.75 Å². The van der Waals surface area contributed by atoms with Gasteiger partial charge in [-0.2, -0.15) is 4.98 Å². The molecule has 1 saturated heterocycles. The Bertz CT molecular complexity index is 1080. The minimum Gasteiger partial charge on any atom is -0.497 e. The molecule has 2 heterocycles. The number of ketones is 1. The van der Waals surface area contributed by atoms with Crippen LogP contribution in [-0.2, 0) is 4.79 Å². The number of piperidine rings is 1. The van der Waals surface area contributed by atoms with E-state index in [1.165, 1.54) is 6.92 Å². The number of ether oxygens (including phenoxy) is 1. The van der Waals surface area contributed by atoms with E-state index >= 15 is 0 Å². The molecule has 1 aliphatic heterocycles. The van der Waals surface area contributed by atoms with Crippen LogP contribution in [0.15, 0.2) is 53.1 Å². The zero-order valence-electron chi connectivity index (χ0n) is 17.5. The monoisotopic (exact) mass is 420 g/mol. The van der Waals surface area contributed by atoms with E-state index < -0.39 is 0 Å². The van der Waals surface area contributed by atoms with E-state index in [1.807, 2.05) is 29.2 Å². The third kappa shape index (κ3) is 4.74. The molecule has 1 aromatic heterocycles. The summed E-state index contributed by atoms with van der Waals surface area (Å²) in [6.45, 7) is 2.74. The maximum absolute atomic E-state index is 12.8. The molecule has 0 saturated carbocycles. The molecule has 1 N–H and O–H groups in total. The Kier molecular flexibility index (Phi) is 5.97. The lowest BCUT2D eigenvalue weighted by Gasteiger charge is -2.30. The lowest BCUT2D eigenvalue weighted by atomic mass is 9.97. The number of nitrogens with zero attached hydrogens (tertiary/aromatic N) is 3. The third-order valence-corrected chi connectivity index (χ3v) is 5.36. The van der Waals surface area contributed by atoms with Gasteiger partial charge in [0.05, 0.1) is 13.0 Å². The first-order chi connectivity index (χ1) is 15.0. The molecule has 8 nitrogen and oxygen atoms in total. The minimum absolute atomic E-state index is 0.0380. The molecule has 31 heavy (non-hydrogen) atoms. The Hall–Kier alpha value is -3.68. The van der Waals surface area contributed by atoms with Crippen LogP contribution in [0.2, 0.25) is 0 Å². The van der Waals surface area contributed by atoms with Gasteiger partial charge < -0.3 is 19.5 Å². The lowest BCUT2D eigenvalue weighted by Crippen LogP contribution is -2.41. The van der Waals surface area contributed by atoms with Crippen LogP contribution in [-0.4, -0.2) is 42.0 Å². The van der Waals surface area contributed by atoms with Gasteiger partial charge in [-0.05, 0) is 56.2 Å². The topological polar surface area (TPSA) is 97.6 Å². The Balaban J connectivity index is 1.42. The molecular formula is C23H24N4O4. The molecule has 1 atom stereocenters. The molecule has 3 aromatic rings. The van der Waals surface area contributed by atoms with Crippen LogP contribution in [0.4, 0.5) is 11.7 Å². The number of Topliss-reactive ketones (excluding diaryl/α,β-unsaturated/α-hetero) is 1. The number of amides is 1. The van der Waals surface area contributed by atoms with Gasteiger partial charge in [-0.15, -0.1) is 0 Å². The van der Waals surface area contributed by atoms with Crippen molar-refractivity contribution in [3.63, 3.8) is 0 Å². The standard InChI is InChI=1S/C23H24N4O4/c1-15(28)17-5-3-7-19(13-17)24-22(29)18-6-4-12-27(14-18)23-25-21(26-31-23)16-8-10-20(30-2)11-9-16/h3,5,7-11,13,18H,4,6,12,14H2,1-2H3,(H,24,29). The average molecular weight is 420 g/mol. The second kappa shape index (κ2) is 8.99.